The SMILES string of the molecule is Cc1cccc(C(=O)O)c1NC(=O)COc1cc(C(F)(F)F)nn1-c1ccccc1Cl. The summed E-state index contributed by atoms with van der Waals surface area (Å²) in [5, 5.41) is 15.3. The summed E-state index contributed by atoms with van der Waals surface area (Å²) in [5.74, 6) is -2.37. The van der Waals surface area contributed by atoms with E-state index >= 15 is 0 Å². The first-order chi connectivity index (χ1) is 14.6. The first-order valence-corrected chi connectivity index (χ1v) is 9.13. The molecule has 3 aromatic rings. The van der Waals surface area contributed by atoms with E-state index in [2.05, 4.69) is 10.4 Å². The fourth-order valence-electron chi connectivity index (χ4n) is 2.73. The Bertz CT molecular complexity index is 1140. The molecule has 1 amide bonds. The minimum Gasteiger partial charge on any atom is -0.478 e. The lowest BCUT2D eigenvalue weighted by atomic mass is 10.1. The predicted octanol–water partition coefficient (Wildman–Crippen LogP) is 4.57. The summed E-state index contributed by atoms with van der Waals surface area (Å²) < 4.78 is 45.6. The second kappa shape index (κ2) is 8.68. The monoisotopic (exact) mass is 453 g/mol. The van der Waals surface area contributed by atoms with Gasteiger partial charge >= 0.3 is 12.1 Å². The Kier molecular flexibility index (Phi) is 6.21. The number of halogens is 4. The molecule has 0 aliphatic rings. The van der Waals surface area contributed by atoms with E-state index in [1.165, 1.54) is 24.3 Å². The molecule has 2 aromatic carbocycles. The number of amides is 1. The summed E-state index contributed by atoms with van der Waals surface area (Å²) in [6.45, 7) is 0.909. The Labute approximate surface area is 179 Å². The van der Waals surface area contributed by atoms with Gasteiger partial charge in [0.05, 0.1) is 22.0 Å². The van der Waals surface area contributed by atoms with Gasteiger partial charge in [-0.3, -0.25) is 4.79 Å². The fraction of sp³-hybridized carbons (Fsp3) is 0.150. The van der Waals surface area contributed by atoms with Crippen LogP contribution in [0.5, 0.6) is 5.88 Å². The number of carbonyl (C=O) groups is 2. The second-order valence-electron chi connectivity index (χ2n) is 6.37. The molecule has 0 aliphatic carbocycles. The maximum atomic E-state index is 13.1. The largest absolute Gasteiger partial charge is 0.478 e. The molecule has 0 fully saturated rings. The normalized spacial score (nSPS) is 11.3. The number of rotatable bonds is 6. The number of para-hydroxylation sites is 2. The molecule has 0 bridgehead atoms. The van der Waals surface area contributed by atoms with Crippen LogP contribution in [0.1, 0.15) is 21.6 Å². The molecule has 0 atom stereocenters. The van der Waals surface area contributed by atoms with Gasteiger partial charge in [0.25, 0.3) is 5.91 Å². The van der Waals surface area contributed by atoms with E-state index in [1.807, 2.05) is 0 Å². The number of hydrogen-bond donors (Lipinski definition) is 2. The first kappa shape index (κ1) is 22.2. The number of alkyl halides is 3. The highest BCUT2D eigenvalue weighted by Gasteiger charge is 2.36. The molecule has 2 N–H and O–H groups in total. The minimum absolute atomic E-state index is 0.0687. The number of carboxylic acids is 1. The van der Waals surface area contributed by atoms with Gasteiger partial charge in [0.15, 0.2) is 12.3 Å². The summed E-state index contributed by atoms with van der Waals surface area (Å²) in [6, 6.07) is 11.1. The summed E-state index contributed by atoms with van der Waals surface area (Å²) in [6.07, 6.45) is -4.75. The smallest absolute Gasteiger partial charge is 0.435 e. The number of ether oxygens (including phenoxy) is 1. The van der Waals surface area contributed by atoms with E-state index in [9.17, 15) is 27.9 Å². The molecule has 1 heterocycles. The number of aryl methyl sites for hydroxylation is 1. The molecule has 1 aromatic heterocycles. The van der Waals surface area contributed by atoms with E-state index in [0.29, 0.717) is 11.6 Å². The number of aromatic nitrogens is 2. The van der Waals surface area contributed by atoms with E-state index in [4.69, 9.17) is 16.3 Å². The lowest BCUT2D eigenvalue weighted by molar-refractivity contribution is -0.141. The maximum absolute atomic E-state index is 13.1. The summed E-state index contributed by atoms with van der Waals surface area (Å²) >= 11 is 6.06. The molecule has 0 saturated carbocycles. The van der Waals surface area contributed by atoms with Crippen molar-refractivity contribution in [3.8, 4) is 11.6 Å². The molecule has 0 radical (unpaired) electrons. The number of carboxylic acid groups (broad SMARTS) is 1. The van der Waals surface area contributed by atoms with Gasteiger partial charge in [-0.2, -0.15) is 23.0 Å². The Morgan fingerprint density at radius 2 is 1.90 bits per heavy atom. The predicted molar refractivity (Wildman–Crippen MR) is 106 cm³/mol. The van der Waals surface area contributed by atoms with Gasteiger partial charge in [0, 0.05) is 6.07 Å². The summed E-state index contributed by atoms with van der Waals surface area (Å²) in [5.41, 5.74) is -0.668. The van der Waals surface area contributed by atoms with Crippen molar-refractivity contribution in [1.29, 1.82) is 0 Å². The number of nitrogens with one attached hydrogen (secondary N) is 1. The van der Waals surface area contributed by atoms with Crippen LogP contribution in [0.15, 0.2) is 48.5 Å². The van der Waals surface area contributed by atoms with Gasteiger partial charge in [0.2, 0.25) is 5.88 Å². The minimum atomic E-state index is -4.75. The van der Waals surface area contributed by atoms with E-state index in [0.717, 1.165) is 4.68 Å². The Morgan fingerprint density at radius 1 is 1.19 bits per heavy atom. The Balaban J connectivity index is 1.85. The highest BCUT2D eigenvalue weighted by Crippen LogP contribution is 2.33. The third kappa shape index (κ3) is 4.97. The zero-order valence-electron chi connectivity index (χ0n) is 15.9. The van der Waals surface area contributed by atoms with Gasteiger partial charge in [0.1, 0.15) is 0 Å². The van der Waals surface area contributed by atoms with Crippen LogP contribution in [0.3, 0.4) is 0 Å². The maximum Gasteiger partial charge on any atom is 0.435 e. The van der Waals surface area contributed by atoms with Crippen LogP contribution in [0, 0.1) is 6.92 Å². The van der Waals surface area contributed by atoms with Gasteiger partial charge < -0.3 is 15.2 Å². The molecular formula is C20H15ClF3N3O4. The number of hydrogen-bond acceptors (Lipinski definition) is 4. The van der Waals surface area contributed by atoms with Crippen LogP contribution < -0.4 is 10.1 Å². The fourth-order valence-corrected chi connectivity index (χ4v) is 2.94. The number of benzene rings is 2. The van der Waals surface area contributed by atoms with Gasteiger partial charge in [-0.25, -0.2) is 4.79 Å². The third-order valence-electron chi connectivity index (χ3n) is 4.17. The molecule has 0 saturated heterocycles. The highest BCUT2D eigenvalue weighted by atomic mass is 35.5. The molecule has 3 rings (SSSR count). The van der Waals surface area contributed by atoms with Gasteiger partial charge in [-0.05, 0) is 30.7 Å². The molecule has 0 spiro atoms. The van der Waals surface area contributed by atoms with Gasteiger partial charge in [-0.15, -0.1) is 0 Å². The molecule has 0 unspecified atom stereocenters. The average molecular weight is 454 g/mol. The lowest BCUT2D eigenvalue weighted by Gasteiger charge is -2.13. The van der Waals surface area contributed by atoms with E-state index < -0.39 is 30.4 Å². The van der Waals surface area contributed by atoms with Crippen LogP contribution in [0.4, 0.5) is 18.9 Å². The molecule has 7 nitrogen and oxygen atoms in total. The van der Waals surface area contributed by atoms with Crippen molar-refractivity contribution in [2.24, 2.45) is 0 Å². The quantitative estimate of drug-likeness (QED) is 0.570. The van der Waals surface area contributed by atoms with Gasteiger partial charge in [-0.1, -0.05) is 35.9 Å². The highest BCUT2D eigenvalue weighted by molar-refractivity contribution is 6.32. The van der Waals surface area contributed by atoms with Crippen molar-refractivity contribution < 1.29 is 32.6 Å². The van der Waals surface area contributed by atoms with Crippen molar-refractivity contribution in [3.63, 3.8) is 0 Å². The molecule has 162 valence electrons. The topological polar surface area (TPSA) is 93.5 Å². The van der Waals surface area contributed by atoms with Crippen molar-refractivity contribution in [2.75, 3.05) is 11.9 Å². The van der Waals surface area contributed by atoms with Crippen molar-refractivity contribution in [2.45, 2.75) is 13.1 Å². The van der Waals surface area contributed by atoms with Crippen LogP contribution in [-0.4, -0.2) is 33.4 Å². The van der Waals surface area contributed by atoms with E-state index in [1.54, 1.807) is 25.1 Å². The number of anilines is 1. The molecule has 11 heteroatoms. The van der Waals surface area contributed by atoms with Crippen LogP contribution in [-0.2, 0) is 11.0 Å². The Morgan fingerprint density at radius 3 is 2.55 bits per heavy atom. The van der Waals surface area contributed by atoms with Crippen LogP contribution in [0.25, 0.3) is 5.69 Å². The lowest BCUT2D eigenvalue weighted by Crippen LogP contribution is -2.23. The molecule has 31 heavy (non-hydrogen) atoms. The second-order valence-corrected chi connectivity index (χ2v) is 6.78. The number of nitrogens with zero attached hydrogens (tertiary/aromatic N) is 2. The van der Waals surface area contributed by atoms with E-state index in [-0.39, 0.29) is 27.8 Å². The summed E-state index contributed by atoms with van der Waals surface area (Å²) in [7, 11) is 0. The Hall–Kier alpha value is -3.53. The third-order valence-corrected chi connectivity index (χ3v) is 4.49. The van der Waals surface area contributed by atoms with Crippen LogP contribution >= 0.6 is 11.6 Å². The van der Waals surface area contributed by atoms with Crippen LogP contribution in [0.2, 0.25) is 5.02 Å². The first-order valence-electron chi connectivity index (χ1n) is 8.75. The summed E-state index contributed by atoms with van der Waals surface area (Å²) in [4.78, 5) is 23.7. The average Bonchev–Trinajstić information content (AvgIpc) is 3.12. The standard InChI is InChI=1S/C20H15ClF3N3O4/c1-11-5-4-6-12(19(29)30)18(11)25-16(28)10-31-17-9-15(20(22,23)24)26-27(17)14-8-3-2-7-13(14)21/h2-9H,10H2,1H3,(H,25,28)(H,29,30). The number of carbonyl (C=O) groups excluding carboxylic acids is 1. The zero-order valence-corrected chi connectivity index (χ0v) is 16.7. The molecule has 0 aliphatic heterocycles. The molecular weight excluding hydrogens is 439 g/mol. The van der Waals surface area contributed by atoms with Crippen molar-refractivity contribution >= 4 is 29.2 Å². The zero-order chi connectivity index (χ0) is 22.8. The number of aromatic carboxylic acids is 1. The van der Waals surface area contributed by atoms with Crippen molar-refractivity contribution in [3.05, 3.63) is 70.4 Å². The van der Waals surface area contributed by atoms with Crippen molar-refractivity contribution in [1.82, 2.24) is 9.78 Å².